The molecule has 3 aliphatic heterocycles. The van der Waals surface area contributed by atoms with Crippen molar-refractivity contribution in [3.63, 3.8) is 0 Å². The second kappa shape index (κ2) is 21.7. The zero-order valence-corrected chi connectivity index (χ0v) is 27.2. The van der Waals surface area contributed by atoms with Gasteiger partial charge in [-0.25, -0.2) is 4.98 Å². The highest BCUT2D eigenvalue weighted by Gasteiger charge is 2.28. The molecule has 1 aromatic rings. The SMILES string of the molecule is CC(C)N(C(C)C)P(C)OCCC#N.CCC1CO1.CN1C(=O)C=CC1=O.CON1C(=O)CCC1=O.Cn1ccnc1. The maximum Gasteiger partial charge on any atom is 0.253 e. The number of rotatable bonds is 8. The summed E-state index contributed by atoms with van der Waals surface area (Å²) in [6.07, 6.45) is 10.8. The van der Waals surface area contributed by atoms with Crippen LogP contribution in [0.3, 0.4) is 0 Å². The number of carbonyl (C=O) groups excluding carboxylic acids is 4. The topological polar surface area (TPSA) is 151 Å². The molecule has 0 N–H and O–H groups in total. The van der Waals surface area contributed by atoms with Gasteiger partial charge in [-0.15, -0.1) is 0 Å². The van der Waals surface area contributed by atoms with Gasteiger partial charge in [0.2, 0.25) is 0 Å². The Morgan fingerprint density at radius 2 is 1.62 bits per heavy atom. The molecule has 0 bridgehead atoms. The molecule has 42 heavy (non-hydrogen) atoms. The first-order valence-corrected chi connectivity index (χ1v) is 15.4. The van der Waals surface area contributed by atoms with E-state index in [4.69, 9.17) is 14.5 Å². The first-order valence-electron chi connectivity index (χ1n) is 13.7. The van der Waals surface area contributed by atoms with Crippen molar-refractivity contribution in [2.75, 3.05) is 34.0 Å². The van der Waals surface area contributed by atoms with Crippen LogP contribution in [0.1, 0.15) is 60.3 Å². The molecular formula is C28H47N6O7P. The first-order chi connectivity index (χ1) is 19.8. The Balaban J connectivity index is 0.000000522. The lowest BCUT2D eigenvalue weighted by molar-refractivity contribution is -0.179. The summed E-state index contributed by atoms with van der Waals surface area (Å²) in [5.41, 5.74) is 0. The summed E-state index contributed by atoms with van der Waals surface area (Å²) < 4.78 is 14.7. The number of ether oxygens (including phenoxy) is 1. The summed E-state index contributed by atoms with van der Waals surface area (Å²) in [6.45, 7) is 14.5. The maximum atomic E-state index is 10.6. The van der Waals surface area contributed by atoms with E-state index in [2.05, 4.69) is 61.8 Å². The smallest absolute Gasteiger partial charge is 0.253 e. The summed E-state index contributed by atoms with van der Waals surface area (Å²) in [7, 11) is 4.14. The number of aromatic nitrogens is 2. The summed E-state index contributed by atoms with van der Waals surface area (Å²) in [4.78, 5) is 51.3. The Morgan fingerprint density at radius 1 is 1.10 bits per heavy atom. The van der Waals surface area contributed by atoms with Crippen LogP contribution >= 0.6 is 8.30 Å². The number of carbonyl (C=O) groups is 4. The zero-order chi connectivity index (χ0) is 32.2. The fraction of sp³-hybridized carbons (Fsp3) is 0.643. The third kappa shape index (κ3) is 16.4. The van der Waals surface area contributed by atoms with Crippen molar-refractivity contribution in [3.05, 3.63) is 30.9 Å². The molecule has 4 heterocycles. The minimum atomic E-state index is -0.552. The number of imide groups is 2. The summed E-state index contributed by atoms with van der Waals surface area (Å²) in [6, 6.07) is 3.07. The molecule has 0 saturated carbocycles. The molecule has 2 fully saturated rings. The fourth-order valence-corrected chi connectivity index (χ4v) is 5.19. The van der Waals surface area contributed by atoms with Gasteiger partial charge in [0.1, 0.15) is 8.30 Å². The van der Waals surface area contributed by atoms with E-state index in [0.29, 0.717) is 31.2 Å². The molecule has 2 atom stereocenters. The molecule has 3 aliphatic rings. The second-order valence-electron chi connectivity index (χ2n) is 9.70. The molecule has 236 valence electrons. The van der Waals surface area contributed by atoms with Gasteiger partial charge in [0.25, 0.3) is 23.6 Å². The van der Waals surface area contributed by atoms with Crippen LogP contribution in [0.5, 0.6) is 0 Å². The van der Waals surface area contributed by atoms with Gasteiger partial charge >= 0.3 is 0 Å². The molecule has 13 nitrogen and oxygen atoms in total. The van der Waals surface area contributed by atoms with Crippen molar-refractivity contribution in [1.82, 2.24) is 24.2 Å². The van der Waals surface area contributed by atoms with Gasteiger partial charge in [-0.05, 0) is 40.8 Å². The van der Waals surface area contributed by atoms with Crippen molar-refractivity contribution in [2.24, 2.45) is 7.05 Å². The quantitative estimate of drug-likeness (QED) is 0.185. The number of nitrogens with zero attached hydrogens (tertiary/aromatic N) is 6. The molecule has 0 aliphatic carbocycles. The molecule has 2 saturated heterocycles. The van der Waals surface area contributed by atoms with E-state index < -0.39 is 8.30 Å². The van der Waals surface area contributed by atoms with Crippen LogP contribution in [0.4, 0.5) is 0 Å². The Bertz CT molecular complexity index is 980. The number of hydroxylamine groups is 2. The lowest BCUT2D eigenvalue weighted by atomic mass is 10.3. The van der Waals surface area contributed by atoms with Crippen LogP contribution < -0.4 is 0 Å². The molecule has 4 rings (SSSR count). The summed E-state index contributed by atoms with van der Waals surface area (Å²) in [5, 5.41) is 9.19. The predicted molar refractivity (Wildman–Crippen MR) is 159 cm³/mol. The molecule has 4 amide bonds. The van der Waals surface area contributed by atoms with Crippen LogP contribution in [-0.2, 0) is 40.3 Å². The van der Waals surface area contributed by atoms with Crippen molar-refractivity contribution >= 4 is 31.9 Å². The largest absolute Gasteiger partial charge is 0.373 e. The second-order valence-corrected chi connectivity index (χ2v) is 11.3. The monoisotopic (exact) mass is 610 g/mol. The molecular weight excluding hydrogens is 563 g/mol. The number of hydrogen-bond donors (Lipinski definition) is 0. The number of hydrogen-bond acceptors (Lipinski definition) is 10. The number of imidazole rings is 1. The minimum absolute atomic E-state index is 0.241. The van der Waals surface area contributed by atoms with Gasteiger partial charge in [0.15, 0.2) is 0 Å². The zero-order valence-electron chi connectivity index (χ0n) is 26.3. The Labute approximate surface area is 251 Å². The van der Waals surface area contributed by atoms with Gasteiger partial charge in [0.05, 0.1) is 45.2 Å². The third-order valence-electron chi connectivity index (χ3n) is 5.59. The first kappa shape index (κ1) is 39.0. The van der Waals surface area contributed by atoms with Gasteiger partial charge in [-0.3, -0.25) is 33.6 Å². The predicted octanol–water partition coefficient (Wildman–Crippen LogP) is 3.43. The van der Waals surface area contributed by atoms with Crippen molar-refractivity contribution < 1.29 is 33.3 Å². The van der Waals surface area contributed by atoms with Gasteiger partial charge in [-0.2, -0.15) is 10.3 Å². The van der Waals surface area contributed by atoms with E-state index in [1.54, 1.807) is 12.5 Å². The van der Waals surface area contributed by atoms with E-state index in [0.717, 1.165) is 16.6 Å². The highest BCUT2D eigenvalue weighted by Crippen LogP contribution is 2.40. The number of aryl methyl sites for hydroxylation is 1. The van der Waals surface area contributed by atoms with E-state index in [1.165, 1.54) is 32.7 Å². The Kier molecular flexibility index (Phi) is 20.1. The van der Waals surface area contributed by atoms with E-state index in [-0.39, 0.29) is 36.5 Å². The lowest BCUT2D eigenvalue weighted by Crippen LogP contribution is -2.32. The minimum Gasteiger partial charge on any atom is -0.373 e. The van der Waals surface area contributed by atoms with Crippen LogP contribution in [-0.4, -0.2) is 100 Å². The van der Waals surface area contributed by atoms with Gasteiger partial charge in [0, 0.05) is 63.6 Å². The van der Waals surface area contributed by atoms with Crippen LogP contribution in [0, 0.1) is 11.3 Å². The molecule has 2 unspecified atom stereocenters. The van der Waals surface area contributed by atoms with Gasteiger partial charge in [-0.1, -0.05) is 6.92 Å². The number of likely N-dealkylation sites (N-methyl/N-ethyl adjacent to an activating group) is 1. The van der Waals surface area contributed by atoms with Crippen molar-refractivity contribution in [2.45, 2.75) is 78.5 Å². The lowest BCUT2D eigenvalue weighted by Gasteiger charge is -2.34. The Hall–Kier alpha value is -3.01. The molecule has 0 spiro atoms. The average molecular weight is 611 g/mol. The molecule has 0 radical (unpaired) electrons. The van der Waals surface area contributed by atoms with E-state index in [9.17, 15) is 19.2 Å². The Morgan fingerprint density at radius 3 is 1.83 bits per heavy atom. The van der Waals surface area contributed by atoms with Crippen molar-refractivity contribution in [3.8, 4) is 6.07 Å². The van der Waals surface area contributed by atoms with E-state index in [1.807, 2.05) is 17.8 Å². The van der Waals surface area contributed by atoms with Crippen LogP contribution in [0.15, 0.2) is 30.9 Å². The third-order valence-corrected chi connectivity index (χ3v) is 7.72. The molecule has 14 heteroatoms. The number of epoxide rings is 1. The van der Waals surface area contributed by atoms with Gasteiger partial charge < -0.3 is 13.8 Å². The van der Waals surface area contributed by atoms with Crippen molar-refractivity contribution in [1.29, 1.82) is 5.26 Å². The highest BCUT2D eigenvalue weighted by atomic mass is 31.2. The normalized spacial score (nSPS) is 17.5. The van der Waals surface area contributed by atoms with E-state index >= 15 is 0 Å². The average Bonchev–Trinajstić information content (AvgIpc) is 3.47. The fourth-order valence-electron chi connectivity index (χ4n) is 3.40. The number of amides is 4. The maximum absolute atomic E-state index is 10.6. The summed E-state index contributed by atoms with van der Waals surface area (Å²) >= 11 is 0. The number of nitriles is 1. The standard InChI is InChI=1S/C10H21N2OP.C5H7NO3.C5H5NO2.C4H6N2.C4H8O/c1-9(2)12(10(3)4)14(5)13-8-6-7-11;1-9-6-4(7)2-3-5(6)8;1-6-4(7)2-3-5(6)8;1-6-3-2-5-4-6;1-2-4-3-5-4/h9-10H,6,8H2,1-5H3;2-3H2,1H3;2-3H,1H3;2-4H,1H3;4H,2-3H2,1H3. The van der Waals surface area contributed by atoms with Crippen LogP contribution in [0.2, 0.25) is 0 Å². The molecule has 0 aromatic carbocycles. The molecule has 1 aromatic heterocycles. The van der Waals surface area contributed by atoms with Crippen LogP contribution in [0.25, 0.3) is 0 Å². The summed E-state index contributed by atoms with van der Waals surface area (Å²) in [5.74, 6) is -0.977. The highest BCUT2D eigenvalue weighted by molar-refractivity contribution is 7.49.